The van der Waals surface area contributed by atoms with Gasteiger partial charge in [0.05, 0.1) is 11.0 Å². The summed E-state index contributed by atoms with van der Waals surface area (Å²) in [5.74, 6) is 0. The first-order valence-electron chi connectivity index (χ1n) is 9.11. The summed E-state index contributed by atoms with van der Waals surface area (Å²) >= 11 is 0. The van der Waals surface area contributed by atoms with E-state index in [1.807, 2.05) is 24.3 Å². The maximum Gasteiger partial charge on any atom is 0.118 e. The highest BCUT2D eigenvalue weighted by atomic mass is 35.7. The molecule has 1 aliphatic heterocycles. The van der Waals surface area contributed by atoms with Gasteiger partial charge in [0.2, 0.25) is 0 Å². The molecule has 1 fully saturated rings. The third kappa shape index (κ3) is 3.29. The zero-order chi connectivity index (χ0) is 21.2. The lowest BCUT2D eigenvalue weighted by Gasteiger charge is -2.24. The van der Waals surface area contributed by atoms with E-state index in [0.29, 0.717) is 0 Å². The second kappa shape index (κ2) is 6.81. The highest BCUT2D eigenvalue weighted by Crippen LogP contribution is 2.52. The van der Waals surface area contributed by atoms with Crippen LogP contribution in [0.4, 0.5) is 0 Å². The van der Waals surface area contributed by atoms with Gasteiger partial charge < -0.3 is 14.9 Å². The number of fused-ring (bicyclic) bond motifs is 8. The van der Waals surface area contributed by atoms with Gasteiger partial charge in [-0.3, -0.25) is 0 Å². The zero-order valence-corrected chi connectivity index (χ0v) is 16.0. The van der Waals surface area contributed by atoms with Crippen LogP contribution in [0.1, 0.15) is 23.3 Å². The smallest absolute Gasteiger partial charge is 0.118 e. The highest BCUT2D eigenvalue weighted by molar-refractivity contribution is 6.08. The second-order valence-electron chi connectivity index (χ2n) is 7.32. The van der Waals surface area contributed by atoms with Crippen molar-refractivity contribution in [1.29, 1.82) is 0 Å². The molecule has 9 heteroatoms. The Morgan fingerprint density at radius 1 is 0.833 bits per heavy atom. The summed E-state index contributed by atoms with van der Waals surface area (Å²) in [6.07, 6.45) is -2.28. The number of benzene rings is 3. The summed E-state index contributed by atoms with van der Waals surface area (Å²) in [6, 6.07) is 18.4. The van der Waals surface area contributed by atoms with Crippen LogP contribution in [0.5, 0.6) is 0 Å². The van der Waals surface area contributed by atoms with Crippen LogP contribution in [-0.2, 0) is 4.74 Å². The van der Waals surface area contributed by atoms with Crippen molar-refractivity contribution in [1.82, 2.24) is 4.98 Å². The van der Waals surface area contributed by atoms with Gasteiger partial charge in [-0.1, -0.05) is 48.5 Å². The normalized spacial score (nSPS) is 24.9. The van der Waals surface area contributed by atoms with Crippen molar-refractivity contribution in [2.45, 2.75) is 24.4 Å². The van der Waals surface area contributed by atoms with Crippen LogP contribution >= 0.6 is 0 Å². The SMILES string of the molecule is O[C@H]1[C@@H]2O[C@@H]2c2c(ccc3cc4ccc5ccccc5c4nc23)[C@@H]1O.[O-][Cl+3]([O-])([O-])[O-]. The molecule has 2 N–H and O–H groups in total. The molecule has 6 rings (SSSR count). The minimum absolute atomic E-state index is 0.169. The zero-order valence-electron chi connectivity index (χ0n) is 15.3. The molecule has 0 amide bonds. The van der Waals surface area contributed by atoms with Gasteiger partial charge in [-0.05, 0) is 17.0 Å². The molecule has 1 saturated heterocycles. The van der Waals surface area contributed by atoms with E-state index in [2.05, 4.69) is 30.3 Å². The Morgan fingerprint density at radius 2 is 1.47 bits per heavy atom. The van der Waals surface area contributed by atoms with Crippen molar-refractivity contribution < 1.29 is 43.8 Å². The van der Waals surface area contributed by atoms with Gasteiger partial charge in [-0.15, -0.1) is 10.2 Å². The predicted octanol–water partition coefficient (Wildman–Crippen LogP) is -1.37. The van der Waals surface area contributed by atoms with Crippen molar-refractivity contribution in [3.05, 3.63) is 65.7 Å². The first kappa shape index (κ1) is 19.6. The highest BCUT2D eigenvalue weighted by Gasteiger charge is 2.54. The van der Waals surface area contributed by atoms with Gasteiger partial charge in [0, 0.05) is 21.7 Å². The lowest BCUT2D eigenvalue weighted by Crippen LogP contribution is -2.68. The lowest BCUT2D eigenvalue weighted by molar-refractivity contribution is -2.00. The van der Waals surface area contributed by atoms with E-state index < -0.39 is 22.5 Å². The lowest BCUT2D eigenvalue weighted by atomic mass is 9.85. The fourth-order valence-corrected chi connectivity index (χ4v) is 4.21. The number of halogens is 1. The Bertz CT molecular complexity index is 1280. The van der Waals surface area contributed by atoms with E-state index in [1.54, 1.807) is 0 Å². The van der Waals surface area contributed by atoms with Gasteiger partial charge in [0.1, 0.15) is 24.4 Å². The van der Waals surface area contributed by atoms with E-state index in [0.717, 1.165) is 43.7 Å². The van der Waals surface area contributed by atoms with E-state index >= 15 is 0 Å². The molecule has 4 aromatic rings. The van der Waals surface area contributed by atoms with E-state index in [1.165, 1.54) is 0 Å². The molecule has 3 aromatic carbocycles. The summed E-state index contributed by atoms with van der Waals surface area (Å²) in [5.41, 5.74) is 3.47. The fraction of sp³-hybridized carbons (Fsp3) is 0.190. The quantitative estimate of drug-likeness (QED) is 0.197. The van der Waals surface area contributed by atoms with Crippen LogP contribution in [0.2, 0.25) is 0 Å². The first-order valence-corrected chi connectivity index (χ1v) is 10.3. The van der Waals surface area contributed by atoms with Crippen LogP contribution in [-0.4, -0.2) is 27.4 Å². The van der Waals surface area contributed by atoms with E-state index in [4.69, 9.17) is 28.4 Å². The third-order valence-electron chi connectivity index (χ3n) is 5.54. The molecular weight excluding hydrogens is 414 g/mol. The van der Waals surface area contributed by atoms with Gasteiger partial charge in [0.25, 0.3) is 0 Å². The number of nitrogens with zero attached hydrogens (tertiary/aromatic N) is 1. The number of aliphatic hydroxyl groups is 2. The monoisotopic (exact) mass is 428 g/mol. The maximum atomic E-state index is 10.4. The molecule has 0 radical (unpaired) electrons. The Labute approximate surface area is 171 Å². The van der Waals surface area contributed by atoms with Crippen LogP contribution < -0.4 is 18.6 Å². The van der Waals surface area contributed by atoms with Crippen molar-refractivity contribution >= 4 is 32.6 Å². The molecule has 1 aromatic heterocycles. The molecule has 8 nitrogen and oxygen atoms in total. The molecular formula is C21H15ClNO7-. The average molecular weight is 429 g/mol. The van der Waals surface area contributed by atoms with Crippen molar-refractivity contribution in [3.8, 4) is 0 Å². The molecule has 0 saturated carbocycles. The topological polar surface area (TPSA) is 158 Å². The first-order chi connectivity index (χ1) is 14.2. The van der Waals surface area contributed by atoms with Crippen LogP contribution in [0.3, 0.4) is 0 Å². The van der Waals surface area contributed by atoms with Crippen LogP contribution in [0, 0.1) is 10.2 Å². The Hall–Kier alpha value is -2.40. The fourth-order valence-electron chi connectivity index (χ4n) is 4.21. The van der Waals surface area contributed by atoms with Crippen molar-refractivity contribution in [2.75, 3.05) is 0 Å². The number of aliphatic hydroxyl groups excluding tert-OH is 2. The molecule has 4 atom stereocenters. The van der Waals surface area contributed by atoms with Gasteiger partial charge in [-0.25, -0.2) is 23.6 Å². The van der Waals surface area contributed by atoms with E-state index in [9.17, 15) is 10.2 Å². The Morgan fingerprint density at radius 3 is 2.23 bits per heavy atom. The largest absolute Gasteiger partial charge is 0.387 e. The number of epoxide rings is 1. The van der Waals surface area contributed by atoms with Crippen molar-refractivity contribution in [2.24, 2.45) is 0 Å². The minimum atomic E-state index is -4.94. The summed E-state index contributed by atoms with van der Waals surface area (Å²) < 4.78 is 39.6. The number of pyridine rings is 1. The number of hydrogen-bond donors (Lipinski definition) is 2. The standard InChI is InChI=1S/C21H15NO3.ClHO4/c23-18-14-8-7-12-9-11-6-5-10-3-1-2-4-13(10)16(11)22-17(12)15(14)20-21(25-20)19(18)24;2-1(3,4)5/h1-9,18-21,23-24H;(H,2,3,4,5)/p-1/t18-,19+,20+,21-;/m0./s1. The third-order valence-corrected chi connectivity index (χ3v) is 5.54. The molecule has 30 heavy (non-hydrogen) atoms. The molecule has 0 spiro atoms. The second-order valence-corrected chi connectivity index (χ2v) is 8.08. The number of aromatic nitrogens is 1. The van der Waals surface area contributed by atoms with E-state index in [-0.39, 0.29) is 12.2 Å². The average Bonchev–Trinajstić information content (AvgIpc) is 3.49. The summed E-state index contributed by atoms with van der Waals surface area (Å²) in [6.45, 7) is 0. The molecule has 2 heterocycles. The van der Waals surface area contributed by atoms with Gasteiger partial charge in [0.15, 0.2) is 0 Å². The van der Waals surface area contributed by atoms with Gasteiger partial charge >= 0.3 is 0 Å². The molecule has 0 bridgehead atoms. The Kier molecular flexibility index (Phi) is 4.44. The maximum absolute atomic E-state index is 10.4. The molecule has 154 valence electrons. The van der Waals surface area contributed by atoms with Crippen LogP contribution in [0.25, 0.3) is 32.6 Å². The Balaban J connectivity index is 0.000000349. The summed E-state index contributed by atoms with van der Waals surface area (Å²) in [4.78, 5) is 4.98. The number of hydrogen-bond acceptors (Lipinski definition) is 8. The summed E-state index contributed by atoms with van der Waals surface area (Å²) in [5, 5.41) is 24.9. The number of rotatable bonds is 0. The number of ether oxygens (including phenoxy) is 1. The minimum Gasteiger partial charge on any atom is -0.387 e. The molecule has 2 aliphatic rings. The summed E-state index contributed by atoms with van der Waals surface area (Å²) in [7, 11) is -4.94. The van der Waals surface area contributed by atoms with Gasteiger partial charge in [-0.2, -0.15) is 0 Å². The van der Waals surface area contributed by atoms with Crippen molar-refractivity contribution in [3.63, 3.8) is 0 Å². The predicted molar refractivity (Wildman–Crippen MR) is 95.3 cm³/mol. The molecule has 0 unspecified atom stereocenters. The van der Waals surface area contributed by atoms with Crippen LogP contribution in [0.15, 0.2) is 54.6 Å². The molecule has 1 aliphatic carbocycles.